The monoisotopic (exact) mass is 687 g/mol. The number of para-hydroxylation sites is 1. The summed E-state index contributed by atoms with van der Waals surface area (Å²) in [7, 11) is -2.44. The number of benzene rings is 3. The molecule has 1 aliphatic rings. The number of rotatable bonds is 7. The molecule has 1 radical (unpaired) electrons. The van der Waals surface area contributed by atoms with Crippen LogP contribution < -0.4 is 15.4 Å². The molecule has 3 amide bonds. The highest BCUT2D eigenvalue weighted by Gasteiger charge is 2.37. The van der Waals surface area contributed by atoms with Crippen LogP contribution in [-0.4, -0.2) is 86.9 Å². The van der Waals surface area contributed by atoms with Gasteiger partial charge in [-0.15, -0.1) is 0 Å². The van der Waals surface area contributed by atoms with Gasteiger partial charge in [-0.05, 0) is 69.4 Å². The first-order chi connectivity index (χ1) is 23.4. The number of hydrogen-bond donors (Lipinski definition) is 2. The van der Waals surface area contributed by atoms with Crippen molar-refractivity contribution >= 4 is 34.1 Å². The summed E-state index contributed by atoms with van der Waals surface area (Å²) in [5.74, 6) is -0.569. The average molecular weight is 688 g/mol. The van der Waals surface area contributed by atoms with Crippen molar-refractivity contribution in [2.75, 3.05) is 20.1 Å². The minimum Gasteiger partial charge on any atom is -0.489 e. The predicted octanol–water partition coefficient (Wildman–Crippen LogP) is 3.88. The Balaban J connectivity index is 1.71. The minimum atomic E-state index is -3.97. The van der Waals surface area contributed by atoms with Gasteiger partial charge in [-0.3, -0.25) is 14.4 Å². The molecular weight excluding hydrogens is 639 g/mol. The van der Waals surface area contributed by atoms with Crippen LogP contribution in [0.25, 0.3) is 0 Å². The number of carbonyl (C=O) groups excluding carboxylic acids is 3. The van der Waals surface area contributed by atoms with Gasteiger partial charge < -0.3 is 25.1 Å². The first-order valence-electron chi connectivity index (χ1n) is 16.9. The van der Waals surface area contributed by atoms with E-state index in [1.54, 1.807) is 36.0 Å². The lowest BCUT2D eigenvalue weighted by atomic mass is 10.0. The molecule has 12 heteroatoms. The fourth-order valence-corrected chi connectivity index (χ4v) is 7.09. The zero-order valence-corrected chi connectivity index (χ0v) is 29.9. The number of carbonyl (C=O) groups is 3. The number of amides is 3. The van der Waals surface area contributed by atoms with Gasteiger partial charge >= 0.3 is 6.69 Å². The van der Waals surface area contributed by atoms with Crippen molar-refractivity contribution < 1.29 is 27.5 Å². The second-order valence-corrected chi connectivity index (χ2v) is 14.5. The van der Waals surface area contributed by atoms with Gasteiger partial charge in [-0.2, -0.15) is 0 Å². The van der Waals surface area contributed by atoms with Crippen LogP contribution in [0.4, 0.5) is 0 Å². The molecule has 261 valence electrons. The second kappa shape index (κ2) is 17.5. The third-order valence-electron chi connectivity index (χ3n) is 8.79. The molecule has 1 heterocycles. The summed E-state index contributed by atoms with van der Waals surface area (Å²) in [5.41, 5.74) is 2.75. The SMILES string of the molecule is CCC[C@@H]1C(=O)N(C)[C@H](C)C(=O)N[C@H](Cc2ccccc2)C(=O)NCCCc2ccccc2O[C@H](C)CN1[B]S(=O)(=O)c1ccc(C)cc1. The van der Waals surface area contributed by atoms with Crippen molar-refractivity contribution in [1.29, 1.82) is 0 Å². The first kappa shape index (κ1) is 37.7. The van der Waals surface area contributed by atoms with E-state index in [0.29, 0.717) is 38.0 Å². The van der Waals surface area contributed by atoms with Crippen LogP contribution in [0, 0.1) is 6.92 Å². The number of ether oxygens (including phenoxy) is 1. The Morgan fingerprint density at radius 3 is 2.29 bits per heavy atom. The summed E-state index contributed by atoms with van der Waals surface area (Å²) in [5, 5.41) is 5.86. The van der Waals surface area contributed by atoms with E-state index in [9.17, 15) is 22.8 Å². The quantitative estimate of drug-likeness (QED) is 0.362. The van der Waals surface area contributed by atoms with E-state index in [0.717, 1.165) is 23.4 Å². The van der Waals surface area contributed by atoms with Gasteiger partial charge in [0.2, 0.25) is 17.7 Å². The lowest BCUT2D eigenvalue weighted by molar-refractivity contribution is -0.142. The number of aryl methyl sites for hydroxylation is 2. The predicted molar refractivity (Wildman–Crippen MR) is 192 cm³/mol. The summed E-state index contributed by atoms with van der Waals surface area (Å²) in [6, 6.07) is 20.9. The summed E-state index contributed by atoms with van der Waals surface area (Å²) in [6.07, 6.45) is 1.93. The average Bonchev–Trinajstić information content (AvgIpc) is 3.08. The number of nitrogens with one attached hydrogen (secondary N) is 2. The van der Waals surface area contributed by atoms with Crippen molar-refractivity contribution in [3.05, 3.63) is 95.6 Å². The zero-order valence-electron chi connectivity index (χ0n) is 29.1. The number of fused-ring (bicyclic) bond motifs is 1. The van der Waals surface area contributed by atoms with E-state index in [1.165, 1.54) is 11.9 Å². The molecule has 0 unspecified atom stereocenters. The van der Waals surface area contributed by atoms with Crippen molar-refractivity contribution in [2.24, 2.45) is 0 Å². The largest absolute Gasteiger partial charge is 0.489 e. The fourth-order valence-electron chi connectivity index (χ4n) is 5.86. The minimum absolute atomic E-state index is 0.0967. The van der Waals surface area contributed by atoms with Crippen molar-refractivity contribution in [1.82, 2.24) is 20.3 Å². The normalized spacial score (nSPS) is 22.1. The summed E-state index contributed by atoms with van der Waals surface area (Å²) in [4.78, 5) is 44.4. The standard InChI is InChI=1S/C37H48BN4O6S/c1-6-13-33-37(45)41(5)28(4)35(43)40-32(24-29-14-8-7-9-15-29)36(44)39-23-12-17-30-16-10-11-18-34(30)48-27(3)25-42(33)38-49(46,47)31-21-19-26(2)20-22-31/h7-11,14-16,18-22,27-28,32-33H,6,12-13,17,23-25H2,1-5H3,(H,39,44)(H,40,43)/t27-,28-,32-,33-/m1/s1. The lowest BCUT2D eigenvalue weighted by Gasteiger charge is -2.36. The molecule has 1 aliphatic heterocycles. The number of hydrogen-bond acceptors (Lipinski definition) is 7. The van der Waals surface area contributed by atoms with E-state index < -0.39 is 45.7 Å². The van der Waals surface area contributed by atoms with Gasteiger partial charge in [0.1, 0.15) is 33.6 Å². The Kier molecular flexibility index (Phi) is 13.4. The van der Waals surface area contributed by atoms with Crippen LogP contribution in [0.3, 0.4) is 0 Å². The topological polar surface area (TPSA) is 125 Å². The second-order valence-electron chi connectivity index (χ2n) is 12.8. The third kappa shape index (κ3) is 10.4. The molecule has 49 heavy (non-hydrogen) atoms. The maximum absolute atomic E-state index is 14.3. The van der Waals surface area contributed by atoms with Crippen LogP contribution in [0.15, 0.2) is 83.8 Å². The van der Waals surface area contributed by atoms with Gasteiger partial charge in [0.05, 0.1) is 10.9 Å². The van der Waals surface area contributed by atoms with Crippen molar-refractivity contribution in [3.8, 4) is 5.75 Å². The summed E-state index contributed by atoms with van der Waals surface area (Å²) in [6.45, 7) is 8.87. The highest BCUT2D eigenvalue weighted by atomic mass is 32.2. The van der Waals surface area contributed by atoms with Gasteiger partial charge in [0.15, 0.2) is 0 Å². The molecular formula is C37H48BN4O6S. The summed E-state index contributed by atoms with van der Waals surface area (Å²) >= 11 is 0. The Labute approximate surface area is 291 Å². The fraction of sp³-hybridized carbons (Fsp3) is 0.432. The maximum atomic E-state index is 14.3. The molecule has 2 N–H and O–H groups in total. The molecule has 3 aromatic rings. The molecule has 0 bridgehead atoms. The Morgan fingerprint density at radius 1 is 0.918 bits per heavy atom. The molecule has 0 saturated carbocycles. The number of likely N-dealkylation sites (N-methyl/N-ethyl adjacent to an activating group) is 1. The highest BCUT2D eigenvalue weighted by molar-refractivity contribution is 8.14. The lowest BCUT2D eigenvalue weighted by Crippen LogP contribution is -2.58. The van der Waals surface area contributed by atoms with Crippen LogP contribution >= 0.6 is 0 Å². The number of nitrogens with zero attached hydrogens (tertiary/aromatic N) is 2. The van der Waals surface area contributed by atoms with Gasteiger partial charge in [-0.25, -0.2) is 8.42 Å². The molecule has 4 atom stereocenters. The Bertz CT molecular complexity index is 1670. The molecule has 10 nitrogen and oxygen atoms in total. The van der Waals surface area contributed by atoms with E-state index >= 15 is 0 Å². The molecule has 0 aromatic heterocycles. The van der Waals surface area contributed by atoms with Crippen LogP contribution in [-0.2, 0) is 36.9 Å². The first-order valence-corrected chi connectivity index (χ1v) is 18.5. The molecule has 0 spiro atoms. The molecule has 3 aromatic carbocycles. The maximum Gasteiger partial charge on any atom is 0.383 e. The van der Waals surface area contributed by atoms with Crippen LogP contribution in [0.5, 0.6) is 5.75 Å². The molecule has 0 aliphatic carbocycles. The van der Waals surface area contributed by atoms with E-state index in [4.69, 9.17) is 4.74 Å². The van der Waals surface area contributed by atoms with Crippen LogP contribution in [0.2, 0.25) is 0 Å². The van der Waals surface area contributed by atoms with Crippen molar-refractivity contribution in [3.63, 3.8) is 0 Å². The highest BCUT2D eigenvalue weighted by Crippen LogP contribution is 2.23. The smallest absolute Gasteiger partial charge is 0.383 e. The van der Waals surface area contributed by atoms with E-state index in [1.807, 2.05) is 75.4 Å². The Morgan fingerprint density at radius 2 is 1.59 bits per heavy atom. The molecule has 0 fully saturated rings. The van der Waals surface area contributed by atoms with E-state index in [2.05, 4.69) is 10.6 Å². The molecule has 4 rings (SSSR count). The summed E-state index contributed by atoms with van der Waals surface area (Å²) < 4.78 is 33.9. The van der Waals surface area contributed by atoms with Crippen LogP contribution in [0.1, 0.15) is 56.7 Å². The van der Waals surface area contributed by atoms with Gasteiger partial charge in [0.25, 0.3) is 0 Å². The third-order valence-corrected chi connectivity index (χ3v) is 10.3. The Hall–Kier alpha value is -4.16. The van der Waals surface area contributed by atoms with Crippen molar-refractivity contribution in [2.45, 2.75) is 88.9 Å². The van der Waals surface area contributed by atoms with E-state index in [-0.39, 0.29) is 23.8 Å². The van der Waals surface area contributed by atoms with Gasteiger partial charge in [-0.1, -0.05) is 79.6 Å². The molecule has 0 saturated heterocycles. The zero-order chi connectivity index (χ0) is 35.6. The van der Waals surface area contributed by atoms with Gasteiger partial charge in [0, 0.05) is 26.6 Å².